The van der Waals surface area contributed by atoms with Crippen LogP contribution in [0.25, 0.3) is 0 Å². The number of hydrogen-bond donors (Lipinski definition) is 1. The molecule has 3 fully saturated rings. The first kappa shape index (κ1) is 40.9. The molecule has 1 amide bonds. The molecule has 0 unspecified atom stereocenters. The molecule has 308 valence electrons. The zero-order chi connectivity index (χ0) is 41.7. The monoisotopic (exact) mass is 838 g/mol. The maximum atomic E-state index is 15.2. The lowest BCUT2D eigenvalue weighted by molar-refractivity contribution is -0.138. The number of hydrogen-bond acceptors (Lipinski definition) is 7. The van der Waals surface area contributed by atoms with Crippen LogP contribution in [0.3, 0.4) is 0 Å². The number of rotatable bonds is 14. The minimum atomic E-state index is -6.05. The van der Waals surface area contributed by atoms with Crippen LogP contribution in [-0.2, 0) is 34.1 Å². The van der Waals surface area contributed by atoms with Gasteiger partial charge in [-0.2, -0.15) is 17.5 Å². The zero-order valence-electron chi connectivity index (χ0n) is 30.3. The number of benzene rings is 3. The van der Waals surface area contributed by atoms with Gasteiger partial charge < -0.3 is 19.6 Å². The lowest BCUT2D eigenvalue weighted by atomic mass is 10.0. The van der Waals surface area contributed by atoms with E-state index in [-0.39, 0.29) is 39.9 Å². The van der Waals surface area contributed by atoms with E-state index in [0.717, 1.165) is 73.3 Å². The Bertz CT molecular complexity index is 2360. The number of nitrogens with zero attached hydrogens (tertiary/aromatic N) is 4. The highest BCUT2D eigenvalue weighted by atomic mass is 32.2. The molecule has 2 heterocycles. The number of carbonyl (C=O) groups excluding carboxylic acids is 1. The Labute approximate surface area is 326 Å². The maximum Gasteiger partial charge on any atom is 0.416 e. The Morgan fingerprint density at radius 3 is 2.12 bits per heavy atom. The van der Waals surface area contributed by atoms with Crippen LogP contribution in [0.4, 0.5) is 46.5 Å². The Morgan fingerprint density at radius 1 is 0.862 bits per heavy atom. The van der Waals surface area contributed by atoms with Crippen molar-refractivity contribution in [1.82, 2.24) is 9.29 Å². The molecule has 58 heavy (non-hydrogen) atoms. The van der Waals surface area contributed by atoms with E-state index in [1.54, 1.807) is 6.07 Å². The SMILES string of the molecule is O=C(O)c1ccc(N(Cc2cc(C3CC3)cc(N3CCCC3)c2)C(=O)CN(Cc2cnccc2C(F)(F)F)S(=O)(=O)c2c(F)c(F)c(F)c(F)c2F)c(OC2CC2)c1. The molecule has 3 aliphatic rings. The zero-order valence-corrected chi connectivity index (χ0v) is 31.2. The van der Waals surface area contributed by atoms with E-state index in [0.29, 0.717) is 30.7 Å². The van der Waals surface area contributed by atoms with Crippen LogP contribution in [0.2, 0.25) is 0 Å². The van der Waals surface area contributed by atoms with Crippen LogP contribution in [0.5, 0.6) is 5.75 Å². The van der Waals surface area contributed by atoms with E-state index >= 15 is 8.78 Å². The summed E-state index contributed by atoms with van der Waals surface area (Å²) < 4.78 is 150. The van der Waals surface area contributed by atoms with E-state index < -0.39 is 86.3 Å². The van der Waals surface area contributed by atoms with Crippen molar-refractivity contribution in [3.8, 4) is 5.75 Å². The first-order valence-corrected chi connectivity index (χ1v) is 19.6. The van der Waals surface area contributed by atoms with Crippen LogP contribution in [-0.4, -0.2) is 60.4 Å². The van der Waals surface area contributed by atoms with Gasteiger partial charge in [0.25, 0.3) is 0 Å². The summed E-state index contributed by atoms with van der Waals surface area (Å²) in [5.74, 6) is -16.1. The molecule has 7 rings (SSSR count). The van der Waals surface area contributed by atoms with Gasteiger partial charge in [0.2, 0.25) is 21.7 Å². The largest absolute Gasteiger partial charge is 0.488 e. The van der Waals surface area contributed by atoms with Gasteiger partial charge in [-0.1, -0.05) is 6.07 Å². The molecule has 10 nitrogen and oxygen atoms in total. The molecule has 0 atom stereocenters. The summed E-state index contributed by atoms with van der Waals surface area (Å²) >= 11 is 0. The van der Waals surface area contributed by atoms with Gasteiger partial charge in [0.1, 0.15) is 5.75 Å². The molecule has 0 radical (unpaired) electrons. The van der Waals surface area contributed by atoms with Crippen LogP contribution >= 0.6 is 0 Å². The first-order valence-electron chi connectivity index (χ1n) is 18.2. The van der Waals surface area contributed by atoms with Crippen molar-refractivity contribution in [3.63, 3.8) is 0 Å². The molecule has 3 aromatic carbocycles. The van der Waals surface area contributed by atoms with E-state index in [2.05, 4.69) is 9.88 Å². The number of anilines is 2. The Hall–Kier alpha value is -5.30. The fourth-order valence-electron chi connectivity index (χ4n) is 6.84. The van der Waals surface area contributed by atoms with Crippen molar-refractivity contribution >= 4 is 33.3 Å². The van der Waals surface area contributed by atoms with Gasteiger partial charge in [0, 0.05) is 37.7 Å². The van der Waals surface area contributed by atoms with Crippen molar-refractivity contribution in [3.05, 3.63) is 112 Å². The Morgan fingerprint density at radius 2 is 1.52 bits per heavy atom. The molecule has 1 N–H and O–H groups in total. The van der Waals surface area contributed by atoms with Gasteiger partial charge in [-0.15, -0.1) is 0 Å². The van der Waals surface area contributed by atoms with Crippen molar-refractivity contribution < 1.29 is 63.0 Å². The summed E-state index contributed by atoms with van der Waals surface area (Å²) in [4.78, 5) is 31.0. The second-order valence-corrected chi connectivity index (χ2v) is 16.3. The van der Waals surface area contributed by atoms with Crippen molar-refractivity contribution in [2.75, 3.05) is 29.4 Å². The molecule has 0 spiro atoms. The summed E-state index contributed by atoms with van der Waals surface area (Å²) in [6.45, 7) is -1.83. The highest BCUT2D eigenvalue weighted by molar-refractivity contribution is 7.89. The summed E-state index contributed by atoms with van der Waals surface area (Å²) in [6.07, 6.45) is 0.629. The maximum absolute atomic E-state index is 15.2. The number of amides is 1. The number of aromatic nitrogens is 1. The van der Waals surface area contributed by atoms with Crippen LogP contribution in [0.15, 0.2) is 59.8 Å². The molecule has 2 aliphatic carbocycles. The van der Waals surface area contributed by atoms with Gasteiger partial charge in [-0.25, -0.2) is 35.2 Å². The van der Waals surface area contributed by atoms with E-state index in [1.165, 1.54) is 6.07 Å². The number of aromatic carboxylic acids is 1. The van der Waals surface area contributed by atoms with Gasteiger partial charge in [-0.3, -0.25) is 9.78 Å². The number of ether oxygens (including phenoxy) is 1. The number of carbonyl (C=O) groups is 2. The molecule has 4 aromatic rings. The van der Waals surface area contributed by atoms with Crippen LogP contribution in [0, 0.1) is 29.1 Å². The molecule has 1 saturated heterocycles. The standard InChI is InChI=1S/C39H34F8N4O6S/c40-32-33(41)35(43)37(36(44)34(32)42)58(55,56)50(19-25-17-48-10-9-28(25)39(45,46)47)20-31(52)51(29-8-5-23(38(53)54)16-30(29)57-27-6-7-27)18-21-13-24(22-3-4-22)15-26(14-21)49-11-1-2-12-49/h5,8-10,13-17,22,27H,1-4,6-7,11-12,18-20H2,(H,53,54). The van der Waals surface area contributed by atoms with E-state index in [4.69, 9.17) is 4.74 Å². The molecule has 19 heteroatoms. The molecular formula is C39H34F8N4O6S. The third-order valence-electron chi connectivity index (χ3n) is 10.1. The lowest BCUT2D eigenvalue weighted by Crippen LogP contribution is -2.43. The third kappa shape index (κ3) is 8.46. The van der Waals surface area contributed by atoms with Crippen molar-refractivity contribution in [1.29, 1.82) is 0 Å². The Kier molecular flexibility index (Phi) is 11.1. The minimum absolute atomic E-state index is 0.0904. The predicted molar refractivity (Wildman–Crippen MR) is 191 cm³/mol. The van der Waals surface area contributed by atoms with Gasteiger partial charge >= 0.3 is 12.1 Å². The number of carboxylic acid groups (broad SMARTS) is 1. The predicted octanol–water partition coefficient (Wildman–Crippen LogP) is 7.94. The number of pyridine rings is 1. The summed E-state index contributed by atoms with van der Waals surface area (Å²) in [6, 6.07) is 9.65. The van der Waals surface area contributed by atoms with Gasteiger partial charge in [0.05, 0.1) is 36.0 Å². The second-order valence-electron chi connectivity index (χ2n) is 14.4. The fourth-order valence-corrected chi connectivity index (χ4v) is 8.32. The van der Waals surface area contributed by atoms with Crippen molar-refractivity contribution in [2.24, 2.45) is 0 Å². The minimum Gasteiger partial charge on any atom is -0.488 e. The lowest BCUT2D eigenvalue weighted by Gasteiger charge is -2.30. The third-order valence-corrected chi connectivity index (χ3v) is 11.9. The molecule has 1 aromatic heterocycles. The fraction of sp³-hybridized carbons (Fsp3) is 0.359. The van der Waals surface area contributed by atoms with Crippen LogP contribution < -0.4 is 14.5 Å². The second kappa shape index (κ2) is 15.8. The molecule has 0 bridgehead atoms. The van der Waals surface area contributed by atoms with Crippen LogP contribution in [0.1, 0.15) is 77.1 Å². The van der Waals surface area contributed by atoms with Gasteiger partial charge in [-0.05, 0) is 97.5 Å². The van der Waals surface area contributed by atoms with E-state index in [1.807, 2.05) is 12.1 Å². The number of sulfonamides is 1. The number of carboxylic acids is 1. The molecule has 1 aliphatic heterocycles. The van der Waals surface area contributed by atoms with E-state index in [9.17, 15) is 49.5 Å². The quantitative estimate of drug-likeness (QED) is 0.0773. The first-order chi connectivity index (χ1) is 27.4. The summed E-state index contributed by atoms with van der Waals surface area (Å²) in [7, 11) is -6.05. The topological polar surface area (TPSA) is 120 Å². The highest BCUT2D eigenvalue weighted by Crippen LogP contribution is 2.43. The molecular weight excluding hydrogens is 805 g/mol. The normalized spacial score (nSPS) is 15.9. The summed E-state index contributed by atoms with van der Waals surface area (Å²) in [5, 5.41) is 9.76. The smallest absolute Gasteiger partial charge is 0.416 e. The summed E-state index contributed by atoms with van der Waals surface area (Å²) in [5.41, 5.74) is -0.406. The number of alkyl halides is 3. The van der Waals surface area contributed by atoms with Gasteiger partial charge in [0.15, 0.2) is 28.2 Å². The highest BCUT2D eigenvalue weighted by Gasteiger charge is 2.41. The van der Waals surface area contributed by atoms with Crippen molar-refractivity contribution in [2.45, 2.75) is 74.7 Å². The Balaban J connectivity index is 1.37. The average molecular weight is 839 g/mol. The average Bonchev–Trinajstić information content (AvgIpc) is 4.13. The molecule has 2 saturated carbocycles. The number of halogens is 8.